The summed E-state index contributed by atoms with van der Waals surface area (Å²) in [5.74, 6) is 2.31. The molecule has 0 heterocycles. The molecule has 1 saturated carbocycles. The summed E-state index contributed by atoms with van der Waals surface area (Å²) in [7, 11) is 0. The highest BCUT2D eigenvalue weighted by molar-refractivity contribution is 5.19. The lowest BCUT2D eigenvalue weighted by Gasteiger charge is -2.35. The van der Waals surface area contributed by atoms with Crippen molar-refractivity contribution in [1.82, 2.24) is 5.32 Å². The Morgan fingerprint density at radius 3 is 2.61 bits per heavy atom. The predicted octanol–water partition coefficient (Wildman–Crippen LogP) is 4.20. The molecule has 1 aliphatic rings. The van der Waals surface area contributed by atoms with Crippen molar-refractivity contribution in [2.45, 2.75) is 52.0 Å². The fourth-order valence-corrected chi connectivity index (χ4v) is 3.10. The highest BCUT2D eigenvalue weighted by Gasteiger charge is 2.26. The molecule has 0 spiro atoms. The average Bonchev–Trinajstić information content (AvgIpc) is 2.41. The van der Waals surface area contributed by atoms with Gasteiger partial charge in [-0.05, 0) is 29.7 Å². The topological polar surface area (TPSA) is 12.0 Å². The van der Waals surface area contributed by atoms with Crippen LogP contribution in [-0.2, 0) is 0 Å². The van der Waals surface area contributed by atoms with Crippen LogP contribution in [0.4, 0.5) is 0 Å². The fourth-order valence-electron chi connectivity index (χ4n) is 3.10. The van der Waals surface area contributed by atoms with E-state index in [2.05, 4.69) is 56.4 Å². The lowest BCUT2D eigenvalue weighted by molar-refractivity contribution is 0.205. The van der Waals surface area contributed by atoms with E-state index in [9.17, 15) is 0 Å². The SMILES string of the molecule is CC(CNC1CCCC(C)C1C)c1ccccc1. The van der Waals surface area contributed by atoms with Gasteiger partial charge in [0.1, 0.15) is 0 Å². The van der Waals surface area contributed by atoms with Crippen LogP contribution in [0.25, 0.3) is 0 Å². The first-order valence-electron chi connectivity index (χ1n) is 7.47. The lowest BCUT2D eigenvalue weighted by Crippen LogP contribution is -2.42. The summed E-state index contributed by atoms with van der Waals surface area (Å²) < 4.78 is 0. The third-order valence-corrected chi connectivity index (χ3v) is 4.76. The normalized spacial score (nSPS) is 30.1. The molecular weight excluding hydrogens is 218 g/mol. The number of benzene rings is 1. The second-order valence-electron chi connectivity index (χ2n) is 6.09. The van der Waals surface area contributed by atoms with E-state index in [0.717, 1.165) is 24.4 Å². The van der Waals surface area contributed by atoms with E-state index in [1.165, 1.54) is 24.8 Å². The number of hydrogen-bond acceptors (Lipinski definition) is 1. The van der Waals surface area contributed by atoms with Crippen LogP contribution in [-0.4, -0.2) is 12.6 Å². The molecule has 0 amide bonds. The molecule has 1 nitrogen and oxygen atoms in total. The molecule has 1 fully saturated rings. The molecule has 4 unspecified atom stereocenters. The molecule has 0 aromatic heterocycles. The Morgan fingerprint density at radius 2 is 1.89 bits per heavy atom. The van der Waals surface area contributed by atoms with Crippen LogP contribution in [0.2, 0.25) is 0 Å². The summed E-state index contributed by atoms with van der Waals surface area (Å²) in [4.78, 5) is 0. The van der Waals surface area contributed by atoms with Crippen LogP contribution in [0.5, 0.6) is 0 Å². The maximum atomic E-state index is 3.80. The molecule has 1 aromatic carbocycles. The first-order valence-corrected chi connectivity index (χ1v) is 7.47. The zero-order valence-electron chi connectivity index (χ0n) is 12.0. The molecule has 1 aliphatic carbocycles. The van der Waals surface area contributed by atoms with E-state index < -0.39 is 0 Å². The first kappa shape index (κ1) is 13.6. The van der Waals surface area contributed by atoms with Gasteiger partial charge in [-0.25, -0.2) is 0 Å². The van der Waals surface area contributed by atoms with E-state index in [1.54, 1.807) is 0 Å². The molecule has 18 heavy (non-hydrogen) atoms. The van der Waals surface area contributed by atoms with Gasteiger partial charge in [0.2, 0.25) is 0 Å². The van der Waals surface area contributed by atoms with Crippen LogP contribution in [0, 0.1) is 11.8 Å². The van der Waals surface area contributed by atoms with E-state index in [-0.39, 0.29) is 0 Å². The number of hydrogen-bond donors (Lipinski definition) is 1. The Bertz CT molecular complexity index is 346. The Morgan fingerprint density at radius 1 is 1.17 bits per heavy atom. The minimum atomic E-state index is 0.607. The van der Waals surface area contributed by atoms with Gasteiger partial charge >= 0.3 is 0 Å². The first-order chi connectivity index (χ1) is 8.68. The molecule has 0 bridgehead atoms. The third kappa shape index (κ3) is 3.35. The van der Waals surface area contributed by atoms with Gasteiger partial charge in [-0.15, -0.1) is 0 Å². The molecule has 0 saturated heterocycles. The van der Waals surface area contributed by atoms with Gasteiger partial charge in [0.05, 0.1) is 0 Å². The van der Waals surface area contributed by atoms with Gasteiger partial charge in [-0.3, -0.25) is 0 Å². The van der Waals surface area contributed by atoms with Gasteiger partial charge in [0.15, 0.2) is 0 Å². The lowest BCUT2D eigenvalue weighted by atomic mass is 9.78. The van der Waals surface area contributed by atoms with Gasteiger partial charge < -0.3 is 5.32 Å². The van der Waals surface area contributed by atoms with Crippen LogP contribution >= 0.6 is 0 Å². The van der Waals surface area contributed by atoms with Crippen molar-refractivity contribution in [3.8, 4) is 0 Å². The summed E-state index contributed by atoms with van der Waals surface area (Å²) in [5, 5.41) is 3.80. The highest BCUT2D eigenvalue weighted by atomic mass is 14.9. The zero-order chi connectivity index (χ0) is 13.0. The smallest absolute Gasteiger partial charge is 0.00954 e. The van der Waals surface area contributed by atoms with Crippen molar-refractivity contribution >= 4 is 0 Å². The summed E-state index contributed by atoms with van der Waals surface area (Å²) in [5.41, 5.74) is 1.45. The average molecular weight is 245 g/mol. The maximum Gasteiger partial charge on any atom is 0.00954 e. The minimum absolute atomic E-state index is 0.607. The third-order valence-electron chi connectivity index (χ3n) is 4.76. The maximum absolute atomic E-state index is 3.80. The van der Waals surface area contributed by atoms with E-state index in [1.807, 2.05) is 0 Å². The van der Waals surface area contributed by atoms with Crippen molar-refractivity contribution in [3.63, 3.8) is 0 Å². The zero-order valence-corrected chi connectivity index (χ0v) is 12.0. The predicted molar refractivity (Wildman–Crippen MR) is 78.8 cm³/mol. The molecule has 2 rings (SSSR count). The highest BCUT2D eigenvalue weighted by Crippen LogP contribution is 2.29. The summed E-state index contributed by atoms with van der Waals surface area (Å²) >= 11 is 0. The Balaban J connectivity index is 1.84. The molecule has 1 aromatic rings. The summed E-state index contributed by atoms with van der Waals surface area (Å²) in [6, 6.07) is 11.6. The molecule has 1 heteroatoms. The largest absolute Gasteiger partial charge is 0.313 e. The molecular formula is C17H27N. The second kappa shape index (κ2) is 6.38. The van der Waals surface area contributed by atoms with Gasteiger partial charge in [-0.1, -0.05) is 63.9 Å². The second-order valence-corrected chi connectivity index (χ2v) is 6.09. The number of rotatable bonds is 4. The minimum Gasteiger partial charge on any atom is -0.313 e. The Kier molecular flexibility index (Phi) is 4.82. The monoisotopic (exact) mass is 245 g/mol. The summed E-state index contributed by atoms with van der Waals surface area (Å²) in [6.07, 6.45) is 4.16. The van der Waals surface area contributed by atoms with E-state index in [0.29, 0.717) is 5.92 Å². The fraction of sp³-hybridized carbons (Fsp3) is 0.647. The van der Waals surface area contributed by atoms with Crippen molar-refractivity contribution < 1.29 is 0 Å². The van der Waals surface area contributed by atoms with E-state index >= 15 is 0 Å². The van der Waals surface area contributed by atoms with Crippen molar-refractivity contribution in [2.75, 3.05) is 6.54 Å². The Hall–Kier alpha value is -0.820. The van der Waals surface area contributed by atoms with Crippen molar-refractivity contribution in [3.05, 3.63) is 35.9 Å². The van der Waals surface area contributed by atoms with Gasteiger partial charge in [0.25, 0.3) is 0 Å². The van der Waals surface area contributed by atoms with Crippen molar-refractivity contribution in [1.29, 1.82) is 0 Å². The molecule has 0 radical (unpaired) electrons. The van der Waals surface area contributed by atoms with Crippen LogP contribution < -0.4 is 5.32 Å². The van der Waals surface area contributed by atoms with Gasteiger partial charge in [-0.2, -0.15) is 0 Å². The number of nitrogens with one attached hydrogen (secondary N) is 1. The standard InChI is InChI=1S/C17H27N/c1-13-8-7-11-17(15(13)3)18-12-14(2)16-9-5-4-6-10-16/h4-6,9-10,13-15,17-18H,7-8,11-12H2,1-3H3. The van der Waals surface area contributed by atoms with Gasteiger partial charge in [0, 0.05) is 12.6 Å². The molecule has 4 atom stereocenters. The quantitative estimate of drug-likeness (QED) is 0.838. The van der Waals surface area contributed by atoms with Crippen molar-refractivity contribution in [2.24, 2.45) is 11.8 Å². The molecule has 100 valence electrons. The molecule has 1 N–H and O–H groups in total. The van der Waals surface area contributed by atoms with Crippen LogP contribution in [0.1, 0.15) is 51.5 Å². The van der Waals surface area contributed by atoms with Crippen LogP contribution in [0.3, 0.4) is 0 Å². The van der Waals surface area contributed by atoms with E-state index in [4.69, 9.17) is 0 Å². The Labute approximate surface area is 112 Å². The molecule has 0 aliphatic heterocycles. The summed E-state index contributed by atoms with van der Waals surface area (Å²) in [6.45, 7) is 8.23. The van der Waals surface area contributed by atoms with Crippen LogP contribution in [0.15, 0.2) is 30.3 Å².